The van der Waals surface area contributed by atoms with Crippen LogP contribution in [0.25, 0.3) is 0 Å². The zero-order valence-corrected chi connectivity index (χ0v) is 10.1. The fourth-order valence-electron chi connectivity index (χ4n) is 1.10. The van der Waals surface area contributed by atoms with Crippen molar-refractivity contribution in [2.75, 3.05) is 5.32 Å². The molecule has 18 heavy (non-hydrogen) atoms. The summed E-state index contributed by atoms with van der Waals surface area (Å²) in [7, 11) is 0. The predicted octanol–water partition coefficient (Wildman–Crippen LogP) is 2.49. The Kier molecular flexibility index (Phi) is 4.28. The number of amides is 1. The number of nitro groups is 1. The molecule has 1 aromatic rings. The highest BCUT2D eigenvalue weighted by Gasteiger charge is 2.25. The number of nitrogens with zero attached hydrogens (tertiary/aromatic N) is 2. The number of carbonyl (C=O) groups is 1. The summed E-state index contributed by atoms with van der Waals surface area (Å²) >= 11 is 2.61. The summed E-state index contributed by atoms with van der Waals surface area (Å²) in [6.45, 7) is 0. The summed E-state index contributed by atoms with van der Waals surface area (Å²) < 4.78 is 25.6. The highest BCUT2D eigenvalue weighted by molar-refractivity contribution is 9.10. The first-order valence-electron chi connectivity index (χ1n) is 4.37. The summed E-state index contributed by atoms with van der Waals surface area (Å²) in [6.07, 6.45) is -0.567. The number of hydrogen-bond donors (Lipinski definition) is 1. The van der Waals surface area contributed by atoms with E-state index in [1.807, 2.05) is 5.32 Å². The number of halogens is 3. The van der Waals surface area contributed by atoms with E-state index in [1.54, 1.807) is 0 Å². The van der Waals surface area contributed by atoms with Crippen molar-refractivity contribution in [3.05, 3.63) is 32.3 Å². The fraction of sp³-hybridized carbons (Fsp3) is 0.111. The van der Waals surface area contributed by atoms with Crippen LogP contribution in [0.1, 0.15) is 6.42 Å². The summed E-state index contributed by atoms with van der Waals surface area (Å²) in [4.78, 5) is 20.8. The molecule has 0 heterocycles. The smallest absolute Gasteiger partial charge is 0.297 e. The van der Waals surface area contributed by atoms with Crippen molar-refractivity contribution in [1.82, 2.24) is 0 Å². The minimum absolute atomic E-state index is 0.349. The van der Waals surface area contributed by atoms with Gasteiger partial charge in [0, 0.05) is 0 Å². The van der Waals surface area contributed by atoms with Gasteiger partial charge in [0.2, 0.25) is 5.91 Å². The van der Waals surface area contributed by atoms with Crippen molar-refractivity contribution in [1.29, 1.82) is 5.26 Å². The molecule has 0 unspecified atom stereocenters. The van der Waals surface area contributed by atoms with Crippen LogP contribution >= 0.6 is 15.9 Å². The Morgan fingerprint density at radius 1 is 1.61 bits per heavy atom. The van der Waals surface area contributed by atoms with Crippen molar-refractivity contribution in [2.45, 2.75) is 6.42 Å². The Bertz CT molecular complexity index is 571. The molecule has 0 bridgehead atoms. The second kappa shape index (κ2) is 5.50. The Morgan fingerprint density at radius 3 is 2.72 bits per heavy atom. The molecule has 6 nitrogen and oxygen atoms in total. The molecule has 1 amide bonds. The zero-order valence-electron chi connectivity index (χ0n) is 8.54. The van der Waals surface area contributed by atoms with E-state index in [9.17, 15) is 23.7 Å². The molecule has 1 N–H and O–H groups in total. The quantitative estimate of drug-likeness (QED) is 0.526. The van der Waals surface area contributed by atoms with E-state index in [4.69, 9.17) is 5.26 Å². The van der Waals surface area contributed by atoms with Crippen LogP contribution < -0.4 is 5.32 Å². The Balaban J connectivity index is 3.32. The van der Waals surface area contributed by atoms with Crippen LogP contribution in [0.15, 0.2) is 10.5 Å². The molecule has 0 aromatic heterocycles. The van der Waals surface area contributed by atoms with Gasteiger partial charge in [0.15, 0.2) is 11.6 Å². The minimum atomic E-state index is -1.42. The Morgan fingerprint density at radius 2 is 2.22 bits per heavy atom. The molecule has 0 saturated carbocycles. The van der Waals surface area contributed by atoms with Gasteiger partial charge in [0.1, 0.15) is 12.1 Å². The van der Waals surface area contributed by atoms with Gasteiger partial charge in [-0.3, -0.25) is 14.9 Å². The lowest BCUT2D eigenvalue weighted by Gasteiger charge is -2.07. The maximum absolute atomic E-state index is 13.2. The highest BCUT2D eigenvalue weighted by Crippen LogP contribution is 2.36. The average molecular weight is 320 g/mol. The molecular formula is C9H4BrF2N3O3. The van der Waals surface area contributed by atoms with Gasteiger partial charge in [-0.15, -0.1) is 0 Å². The topological polar surface area (TPSA) is 96.0 Å². The first-order valence-corrected chi connectivity index (χ1v) is 5.16. The number of nitrogens with one attached hydrogen (secondary N) is 1. The predicted molar refractivity (Wildman–Crippen MR) is 59.6 cm³/mol. The molecule has 1 rings (SSSR count). The van der Waals surface area contributed by atoms with Crippen LogP contribution in [0.3, 0.4) is 0 Å². The number of carbonyl (C=O) groups excluding carboxylic acids is 1. The van der Waals surface area contributed by atoms with Gasteiger partial charge in [-0.25, -0.2) is 8.78 Å². The SMILES string of the molecule is N#CCC(=O)Nc1c([N+](=O)[O-])cc(F)c(F)c1Br. The van der Waals surface area contributed by atoms with Gasteiger partial charge >= 0.3 is 0 Å². The van der Waals surface area contributed by atoms with Crippen molar-refractivity contribution in [3.63, 3.8) is 0 Å². The third-order valence-corrected chi connectivity index (χ3v) is 2.59. The Hall–Kier alpha value is -2.08. The molecule has 0 spiro atoms. The molecule has 94 valence electrons. The zero-order chi connectivity index (χ0) is 13.9. The van der Waals surface area contributed by atoms with E-state index in [0.29, 0.717) is 6.07 Å². The van der Waals surface area contributed by atoms with Crippen LogP contribution in [-0.4, -0.2) is 10.8 Å². The van der Waals surface area contributed by atoms with Crippen LogP contribution in [-0.2, 0) is 4.79 Å². The highest BCUT2D eigenvalue weighted by atomic mass is 79.9. The number of nitro benzene ring substituents is 1. The second-order valence-electron chi connectivity index (χ2n) is 3.02. The molecule has 0 aliphatic rings. The Labute approximate surface area is 107 Å². The van der Waals surface area contributed by atoms with E-state index in [0.717, 1.165) is 0 Å². The first kappa shape index (κ1) is 14.0. The maximum Gasteiger partial charge on any atom is 0.297 e. The molecule has 0 saturated heterocycles. The van der Waals surface area contributed by atoms with Gasteiger partial charge in [-0.1, -0.05) is 0 Å². The number of nitriles is 1. The molecular weight excluding hydrogens is 316 g/mol. The van der Waals surface area contributed by atoms with E-state index >= 15 is 0 Å². The van der Waals surface area contributed by atoms with Crippen LogP contribution in [0, 0.1) is 33.1 Å². The van der Waals surface area contributed by atoms with Crippen molar-refractivity contribution < 1.29 is 18.5 Å². The molecule has 9 heteroatoms. The van der Waals surface area contributed by atoms with Gasteiger partial charge in [0.05, 0.1) is 21.5 Å². The third kappa shape index (κ3) is 2.78. The lowest BCUT2D eigenvalue weighted by atomic mass is 10.2. The van der Waals surface area contributed by atoms with Crippen LogP contribution in [0.4, 0.5) is 20.2 Å². The molecule has 0 atom stereocenters. The van der Waals surface area contributed by atoms with Crippen LogP contribution in [0.5, 0.6) is 0 Å². The number of rotatable bonds is 3. The minimum Gasteiger partial charge on any atom is -0.318 e. The summed E-state index contributed by atoms with van der Waals surface area (Å²) in [5, 5.41) is 20.9. The summed E-state index contributed by atoms with van der Waals surface area (Å²) in [6, 6.07) is 1.87. The van der Waals surface area contributed by atoms with E-state index in [-0.39, 0.29) is 0 Å². The molecule has 0 radical (unpaired) electrons. The molecule has 0 fully saturated rings. The fourth-order valence-corrected chi connectivity index (χ4v) is 1.59. The van der Waals surface area contributed by atoms with Crippen molar-refractivity contribution in [2.24, 2.45) is 0 Å². The van der Waals surface area contributed by atoms with Gasteiger partial charge in [0.25, 0.3) is 5.69 Å². The van der Waals surface area contributed by atoms with Crippen molar-refractivity contribution in [3.8, 4) is 6.07 Å². The molecule has 0 aliphatic heterocycles. The molecule has 0 aliphatic carbocycles. The van der Waals surface area contributed by atoms with E-state index in [1.165, 1.54) is 6.07 Å². The number of anilines is 1. The average Bonchev–Trinajstić information content (AvgIpc) is 2.29. The standard InChI is InChI=1S/C9H4BrF2N3O3/c10-7-8(12)4(11)3-5(15(17)18)9(7)14-6(16)1-2-13/h3H,1H2,(H,14,16). The number of benzene rings is 1. The maximum atomic E-state index is 13.2. The lowest BCUT2D eigenvalue weighted by molar-refractivity contribution is -0.384. The largest absolute Gasteiger partial charge is 0.318 e. The van der Waals surface area contributed by atoms with Crippen LogP contribution in [0.2, 0.25) is 0 Å². The van der Waals surface area contributed by atoms with Gasteiger partial charge in [-0.2, -0.15) is 5.26 Å². The molecule has 1 aromatic carbocycles. The van der Waals surface area contributed by atoms with E-state index in [2.05, 4.69) is 15.9 Å². The van der Waals surface area contributed by atoms with Gasteiger partial charge < -0.3 is 5.32 Å². The third-order valence-electron chi connectivity index (χ3n) is 1.84. The van der Waals surface area contributed by atoms with Gasteiger partial charge in [-0.05, 0) is 15.9 Å². The second-order valence-corrected chi connectivity index (χ2v) is 3.81. The summed E-state index contributed by atoms with van der Waals surface area (Å²) in [5.41, 5.74) is -1.34. The number of hydrogen-bond acceptors (Lipinski definition) is 4. The lowest BCUT2D eigenvalue weighted by Crippen LogP contribution is -2.13. The normalized spacial score (nSPS) is 9.67. The van der Waals surface area contributed by atoms with E-state index < -0.39 is 44.7 Å². The monoisotopic (exact) mass is 319 g/mol. The van der Waals surface area contributed by atoms with Crippen molar-refractivity contribution >= 4 is 33.2 Å². The summed E-state index contributed by atoms with van der Waals surface area (Å²) in [5.74, 6) is -3.66. The first-order chi connectivity index (χ1) is 8.38.